The number of fused-ring (bicyclic) bond motifs is 1. The average Bonchev–Trinajstić information content (AvgIpc) is 2.68. The standard InChI is InChI=1S/C21H26N4O/c22-20(26)19-10-17-8-4-5-9-18(17)14-25(19)13-15-11-23-21(24-12-15)16-6-2-1-3-7-16/h4-5,8-9,11-12,16,19H,1-3,6-7,10,13-14H2,(H2,22,26)/t19-/m0/s1. The fraction of sp³-hybridized carbons (Fsp3) is 0.476. The van der Waals surface area contributed by atoms with Crippen LogP contribution >= 0.6 is 0 Å². The second-order valence-corrected chi connectivity index (χ2v) is 7.58. The summed E-state index contributed by atoms with van der Waals surface area (Å²) in [5, 5.41) is 0. The topological polar surface area (TPSA) is 72.1 Å². The van der Waals surface area contributed by atoms with Gasteiger partial charge in [-0.15, -0.1) is 0 Å². The predicted molar refractivity (Wildman–Crippen MR) is 100 cm³/mol. The van der Waals surface area contributed by atoms with Gasteiger partial charge < -0.3 is 5.73 Å². The van der Waals surface area contributed by atoms with Crippen molar-refractivity contribution in [2.24, 2.45) is 5.73 Å². The average molecular weight is 350 g/mol. The first-order valence-electron chi connectivity index (χ1n) is 9.61. The zero-order chi connectivity index (χ0) is 17.9. The molecule has 2 heterocycles. The monoisotopic (exact) mass is 350 g/mol. The Balaban J connectivity index is 1.49. The first-order chi connectivity index (χ1) is 12.7. The van der Waals surface area contributed by atoms with Crippen LogP contribution in [-0.4, -0.2) is 26.8 Å². The summed E-state index contributed by atoms with van der Waals surface area (Å²) in [7, 11) is 0. The summed E-state index contributed by atoms with van der Waals surface area (Å²) in [4.78, 5) is 23.4. The normalized spacial score (nSPS) is 21.3. The molecule has 1 atom stereocenters. The molecule has 0 spiro atoms. The molecule has 4 rings (SSSR count). The highest BCUT2D eigenvalue weighted by molar-refractivity contribution is 5.80. The number of benzene rings is 1. The first-order valence-corrected chi connectivity index (χ1v) is 9.61. The zero-order valence-corrected chi connectivity index (χ0v) is 15.1. The number of rotatable bonds is 4. The Hall–Kier alpha value is -2.27. The minimum Gasteiger partial charge on any atom is -0.368 e. The van der Waals surface area contributed by atoms with E-state index in [2.05, 4.69) is 27.0 Å². The fourth-order valence-corrected chi connectivity index (χ4v) is 4.28. The lowest BCUT2D eigenvalue weighted by Crippen LogP contribution is -2.48. The van der Waals surface area contributed by atoms with Gasteiger partial charge in [0.25, 0.3) is 0 Å². The highest BCUT2D eigenvalue weighted by atomic mass is 16.1. The largest absolute Gasteiger partial charge is 0.368 e. The van der Waals surface area contributed by atoms with Gasteiger partial charge in [-0.2, -0.15) is 0 Å². The molecule has 0 radical (unpaired) electrons. The molecule has 0 saturated heterocycles. The van der Waals surface area contributed by atoms with Gasteiger partial charge >= 0.3 is 0 Å². The summed E-state index contributed by atoms with van der Waals surface area (Å²) >= 11 is 0. The highest BCUT2D eigenvalue weighted by Crippen LogP contribution is 2.30. The molecular formula is C21H26N4O. The maximum Gasteiger partial charge on any atom is 0.235 e. The Morgan fingerprint density at radius 3 is 2.46 bits per heavy atom. The van der Waals surface area contributed by atoms with Crippen molar-refractivity contribution >= 4 is 5.91 Å². The summed E-state index contributed by atoms with van der Waals surface area (Å²) < 4.78 is 0. The Kier molecular flexibility index (Phi) is 4.98. The second-order valence-electron chi connectivity index (χ2n) is 7.58. The number of hydrogen-bond acceptors (Lipinski definition) is 4. The van der Waals surface area contributed by atoms with Crippen LogP contribution in [0.25, 0.3) is 0 Å². The van der Waals surface area contributed by atoms with Gasteiger partial charge in [0.1, 0.15) is 5.82 Å². The van der Waals surface area contributed by atoms with Crippen molar-refractivity contribution < 1.29 is 4.79 Å². The van der Waals surface area contributed by atoms with Crippen LogP contribution in [0.15, 0.2) is 36.7 Å². The van der Waals surface area contributed by atoms with Crippen LogP contribution in [0, 0.1) is 0 Å². The smallest absolute Gasteiger partial charge is 0.235 e. The number of primary amides is 1. The van der Waals surface area contributed by atoms with Crippen molar-refractivity contribution in [2.75, 3.05) is 0 Å². The quantitative estimate of drug-likeness (QED) is 0.920. The molecule has 5 nitrogen and oxygen atoms in total. The van der Waals surface area contributed by atoms with Gasteiger partial charge in [-0.05, 0) is 30.4 Å². The summed E-state index contributed by atoms with van der Waals surface area (Å²) in [5.74, 6) is 1.22. The number of amides is 1. The molecule has 1 aromatic heterocycles. The molecular weight excluding hydrogens is 324 g/mol. The van der Waals surface area contributed by atoms with Gasteiger partial charge in [0.2, 0.25) is 5.91 Å². The van der Waals surface area contributed by atoms with Crippen LogP contribution in [0.5, 0.6) is 0 Å². The summed E-state index contributed by atoms with van der Waals surface area (Å²) in [6.45, 7) is 1.38. The van der Waals surface area contributed by atoms with Crippen molar-refractivity contribution in [3.05, 3.63) is 59.2 Å². The van der Waals surface area contributed by atoms with Gasteiger partial charge in [0.05, 0.1) is 6.04 Å². The van der Waals surface area contributed by atoms with Crippen molar-refractivity contribution in [3.63, 3.8) is 0 Å². The van der Waals surface area contributed by atoms with E-state index >= 15 is 0 Å². The van der Waals surface area contributed by atoms with Gasteiger partial charge in [-0.25, -0.2) is 9.97 Å². The molecule has 1 fully saturated rings. The number of carbonyl (C=O) groups is 1. The van der Waals surface area contributed by atoms with Crippen LogP contribution in [-0.2, 0) is 24.3 Å². The lowest BCUT2D eigenvalue weighted by atomic mass is 9.89. The molecule has 2 aliphatic rings. The van der Waals surface area contributed by atoms with Crippen molar-refractivity contribution in [1.29, 1.82) is 0 Å². The van der Waals surface area contributed by atoms with E-state index in [1.54, 1.807) is 0 Å². The number of hydrogen-bond donors (Lipinski definition) is 1. The molecule has 1 amide bonds. The fourth-order valence-electron chi connectivity index (χ4n) is 4.28. The lowest BCUT2D eigenvalue weighted by Gasteiger charge is -2.35. The van der Waals surface area contributed by atoms with Crippen molar-refractivity contribution in [1.82, 2.24) is 14.9 Å². The molecule has 1 aromatic carbocycles. The third-order valence-electron chi connectivity index (χ3n) is 5.76. The summed E-state index contributed by atoms with van der Waals surface area (Å²) in [5.41, 5.74) is 9.20. The molecule has 2 N–H and O–H groups in total. The third kappa shape index (κ3) is 3.63. The molecule has 2 aromatic rings. The maximum atomic E-state index is 12.0. The van der Waals surface area contributed by atoms with E-state index in [1.807, 2.05) is 24.5 Å². The molecule has 1 aliphatic heterocycles. The van der Waals surface area contributed by atoms with E-state index in [1.165, 1.54) is 43.2 Å². The van der Waals surface area contributed by atoms with Crippen LogP contribution in [0.1, 0.15) is 60.5 Å². The summed E-state index contributed by atoms with van der Waals surface area (Å²) in [6, 6.07) is 8.00. The lowest BCUT2D eigenvalue weighted by molar-refractivity contribution is -0.124. The minimum absolute atomic E-state index is 0.265. The van der Waals surface area contributed by atoms with E-state index in [0.717, 1.165) is 17.9 Å². The van der Waals surface area contributed by atoms with Crippen LogP contribution < -0.4 is 5.73 Å². The predicted octanol–water partition coefficient (Wildman–Crippen LogP) is 2.94. The van der Waals surface area contributed by atoms with E-state index < -0.39 is 0 Å². The first kappa shape index (κ1) is 17.2. The molecule has 1 saturated carbocycles. The third-order valence-corrected chi connectivity index (χ3v) is 5.76. The van der Waals surface area contributed by atoms with Crippen LogP contribution in [0.4, 0.5) is 0 Å². The molecule has 1 aliphatic carbocycles. The van der Waals surface area contributed by atoms with E-state index in [-0.39, 0.29) is 11.9 Å². The van der Waals surface area contributed by atoms with Gasteiger partial charge in [0.15, 0.2) is 0 Å². The number of aromatic nitrogens is 2. The second kappa shape index (κ2) is 7.54. The molecule has 26 heavy (non-hydrogen) atoms. The SMILES string of the molecule is NC(=O)[C@@H]1Cc2ccccc2CN1Cc1cnc(C2CCCCC2)nc1. The Morgan fingerprint density at radius 2 is 1.77 bits per heavy atom. The van der Waals surface area contributed by atoms with Gasteiger partial charge in [-0.3, -0.25) is 9.69 Å². The zero-order valence-electron chi connectivity index (χ0n) is 15.1. The van der Waals surface area contributed by atoms with Crippen molar-refractivity contribution in [3.8, 4) is 0 Å². The molecule has 0 bridgehead atoms. The highest BCUT2D eigenvalue weighted by Gasteiger charge is 2.30. The number of nitrogens with zero attached hydrogens (tertiary/aromatic N) is 3. The summed E-state index contributed by atoms with van der Waals surface area (Å²) in [6.07, 6.45) is 10.8. The van der Waals surface area contributed by atoms with E-state index in [0.29, 0.717) is 18.9 Å². The van der Waals surface area contributed by atoms with Gasteiger partial charge in [0, 0.05) is 37.0 Å². The Bertz CT molecular complexity index is 768. The molecule has 0 unspecified atom stereocenters. The maximum absolute atomic E-state index is 12.0. The minimum atomic E-state index is -0.275. The van der Waals surface area contributed by atoms with Crippen LogP contribution in [0.2, 0.25) is 0 Å². The number of carbonyl (C=O) groups excluding carboxylic acids is 1. The molecule has 136 valence electrons. The Morgan fingerprint density at radius 1 is 1.08 bits per heavy atom. The Labute approximate surface area is 154 Å². The van der Waals surface area contributed by atoms with Crippen molar-refractivity contribution in [2.45, 2.75) is 63.6 Å². The van der Waals surface area contributed by atoms with E-state index in [4.69, 9.17) is 5.73 Å². The number of nitrogens with two attached hydrogens (primary N) is 1. The molecule has 5 heteroatoms. The van der Waals surface area contributed by atoms with Gasteiger partial charge in [-0.1, -0.05) is 43.5 Å². The van der Waals surface area contributed by atoms with Crippen LogP contribution in [0.3, 0.4) is 0 Å². The van der Waals surface area contributed by atoms with E-state index in [9.17, 15) is 4.79 Å².